The molecule has 1 saturated heterocycles. The second-order valence-corrected chi connectivity index (χ2v) is 6.64. The molecule has 1 aliphatic heterocycles. The van der Waals surface area contributed by atoms with Crippen molar-refractivity contribution in [3.63, 3.8) is 0 Å². The molecule has 6 nitrogen and oxygen atoms in total. The van der Waals surface area contributed by atoms with Crippen LogP contribution in [0.15, 0.2) is 18.2 Å². The zero-order valence-corrected chi connectivity index (χ0v) is 12.0. The fraction of sp³-hybridized carbons (Fsp3) is 0.462. The molecule has 2 N–H and O–H groups in total. The molecule has 1 fully saturated rings. The van der Waals surface area contributed by atoms with Crippen molar-refractivity contribution in [1.29, 1.82) is 0 Å². The van der Waals surface area contributed by atoms with E-state index in [1.54, 1.807) is 0 Å². The van der Waals surface area contributed by atoms with E-state index in [4.69, 9.17) is 9.84 Å². The Bertz CT molecular complexity index is 625. The first-order valence-corrected chi connectivity index (χ1v) is 8.17. The molecule has 0 radical (unpaired) electrons. The number of benzene rings is 1. The number of anilines is 1. The molecule has 1 atom stereocenters. The summed E-state index contributed by atoms with van der Waals surface area (Å²) in [4.78, 5) is 10.8. The maximum absolute atomic E-state index is 13.6. The van der Waals surface area contributed by atoms with Gasteiger partial charge in [0.05, 0.1) is 23.1 Å². The Labute approximate surface area is 122 Å². The second-order valence-electron chi connectivity index (χ2n) is 4.87. The average molecular weight is 317 g/mol. The SMILES string of the molecule is O=C(O)c1ccc(F)c(NS(=O)(=O)CC2CCCCO2)c1. The summed E-state index contributed by atoms with van der Waals surface area (Å²) in [5.41, 5.74) is -0.561. The van der Waals surface area contributed by atoms with Crippen LogP contribution in [-0.2, 0) is 14.8 Å². The molecule has 8 heteroatoms. The highest BCUT2D eigenvalue weighted by atomic mass is 32.2. The van der Waals surface area contributed by atoms with Crippen molar-refractivity contribution in [3.8, 4) is 0 Å². The highest BCUT2D eigenvalue weighted by Crippen LogP contribution is 2.20. The number of carboxylic acids is 1. The van der Waals surface area contributed by atoms with Gasteiger partial charge in [-0.05, 0) is 37.5 Å². The van der Waals surface area contributed by atoms with Gasteiger partial charge in [-0.1, -0.05) is 0 Å². The number of ether oxygens (including phenoxy) is 1. The lowest BCUT2D eigenvalue weighted by molar-refractivity contribution is 0.0306. The number of hydrogen-bond acceptors (Lipinski definition) is 4. The maximum atomic E-state index is 13.6. The lowest BCUT2D eigenvalue weighted by Gasteiger charge is -2.22. The molecule has 0 aliphatic carbocycles. The van der Waals surface area contributed by atoms with Crippen molar-refractivity contribution in [2.45, 2.75) is 25.4 Å². The monoisotopic (exact) mass is 317 g/mol. The minimum atomic E-state index is -3.81. The van der Waals surface area contributed by atoms with Crippen LogP contribution in [0.25, 0.3) is 0 Å². The smallest absolute Gasteiger partial charge is 0.335 e. The first-order chi connectivity index (χ1) is 9.87. The zero-order chi connectivity index (χ0) is 15.5. The van der Waals surface area contributed by atoms with Crippen molar-refractivity contribution in [2.24, 2.45) is 0 Å². The van der Waals surface area contributed by atoms with E-state index in [0.717, 1.165) is 31.0 Å². The van der Waals surface area contributed by atoms with E-state index in [0.29, 0.717) is 13.0 Å². The summed E-state index contributed by atoms with van der Waals surface area (Å²) >= 11 is 0. The molecule has 1 heterocycles. The molecule has 21 heavy (non-hydrogen) atoms. The number of nitrogens with one attached hydrogen (secondary N) is 1. The van der Waals surface area contributed by atoms with Crippen molar-refractivity contribution < 1.29 is 27.4 Å². The van der Waals surface area contributed by atoms with Gasteiger partial charge >= 0.3 is 5.97 Å². The predicted molar refractivity (Wildman–Crippen MR) is 74.4 cm³/mol. The van der Waals surface area contributed by atoms with Crippen molar-refractivity contribution in [3.05, 3.63) is 29.6 Å². The standard InChI is InChI=1S/C13H16FNO5S/c14-11-5-4-9(13(16)17)7-12(11)15-21(18,19)8-10-3-1-2-6-20-10/h4-5,7,10,15H,1-3,6,8H2,(H,16,17). The van der Waals surface area contributed by atoms with Gasteiger partial charge in [0, 0.05) is 6.61 Å². The number of sulfonamides is 1. The van der Waals surface area contributed by atoms with Gasteiger partial charge in [0.15, 0.2) is 0 Å². The Morgan fingerprint density at radius 3 is 2.81 bits per heavy atom. The van der Waals surface area contributed by atoms with Crippen molar-refractivity contribution in [2.75, 3.05) is 17.1 Å². The summed E-state index contributed by atoms with van der Waals surface area (Å²) in [7, 11) is -3.81. The highest BCUT2D eigenvalue weighted by molar-refractivity contribution is 7.92. The molecular formula is C13H16FNO5S. The Balaban J connectivity index is 2.12. The summed E-state index contributed by atoms with van der Waals surface area (Å²) in [5, 5.41) is 8.84. The molecule has 0 bridgehead atoms. The summed E-state index contributed by atoms with van der Waals surface area (Å²) in [5.74, 6) is -2.36. The van der Waals surface area contributed by atoms with Crippen LogP contribution < -0.4 is 4.72 Å². The third kappa shape index (κ3) is 4.40. The molecule has 0 aromatic heterocycles. The van der Waals surface area contributed by atoms with E-state index in [1.807, 2.05) is 0 Å². The average Bonchev–Trinajstić information content (AvgIpc) is 2.41. The van der Waals surface area contributed by atoms with Crippen LogP contribution in [0.2, 0.25) is 0 Å². The van der Waals surface area contributed by atoms with E-state index < -0.39 is 27.9 Å². The van der Waals surface area contributed by atoms with Gasteiger partial charge < -0.3 is 9.84 Å². The third-order valence-electron chi connectivity index (χ3n) is 3.16. The number of carboxylic acid groups (broad SMARTS) is 1. The number of hydrogen-bond donors (Lipinski definition) is 2. The molecule has 116 valence electrons. The van der Waals surface area contributed by atoms with E-state index in [9.17, 15) is 17.6 Å². The number of carbonyl (C=O) groups is 1. The molecule has 1 aliphatic rings. The first kappa shape index (κ1) is 15.7. The van der Waals surface area contributed by atoms with Crippen LogP contribution in [0, 0.1) is 5.82 Å². The van der Waals surface area contributed by atoms with Crippen molar-refractivity contribution >= 4 is 21.7 Å². The molecule has 1 aromatic rings. The minimum Gasteiger partial charge on any atom is -0.478 e. The normalized spacial score (nSPS) is 19.2. The van der Waals surface area contributed by atoms with Gasteiger partial charge in [0.1, 0.15) is 5.82 Å². The van der Waals surface area contributed by atoms with Crippen LogP contribution in [0.1, 0.15) is 29.6 Å². The highest BCUT2D eigenvalue weighted by Gasteiger charge is 2.23. The molecular weight excluding hydrogens is 301 g/mol. The number of halogens is 1. The van der Waals surface area contributed by atoms with Gasteiger partial charge in [-0.3, -0.25) is 4.72 Å². The first-order valence-electron chi connectivity index (χ1n) is 6.52. The van der Waals surface area contributed by atoms with Crippen molar-refractivity contribution in [1.82, 2.24) is 0 Å². The molecule has 0 saturated carbocycles. The summed E-state index contributed by atoms with van der Waals surface area (Å²) in [6, 6.07) is 2.94. The Kier molecular flexibility index (Phi) is 4.79. The lowest BCUT2D eigenvalue weighted by Crippen LogP contribution is -2.31. The summed E-state index contributed by atoms with van der Waals surface area (Å²) < 4.78 is 45.0. The zero-order valence-electron chi connectivity index (χ0n) is 11.2. The van der Waals surface area contributed by atoms with Gasteiger partial charge in [-0.2, -0.15) is 0 Å². The molecule has 1 aromatic carbocycles. The second kappa shape index (κ2) is 6.40. The van der Waals surface area contributed by atoms with Crippen LogP contribution in [0.3, 0.4) is 0 Å². The minimum absolute atomic E-state index is 0.192. The van der Waals surface area contributed by atoms with Gasteiger partial charge in [-0.15, -0.1) is 0 Å². The quantitative estimate of drug-likeness (QED) is 0.864. The van der Waals surface area contributed by atoms with Gasteiger partial charge in [0.25, 0.3) is 0 Å². The lowest BCUT2D eigenvalue weighted by atomic mass is 10.1. The summed E-state index contributed by atoms with van der Waals surface area (Å²) in [6.45, 7) is 0.517. The molecule has 0 spiro atoms. The van der Waals surface area contributed by atoms with Gasteiger partial charge in [0.2, 0.25) is 10.0 Å². The van der Waals surface area contributed by atoms with Gasteiger partial charge in [-0.25, -0.2) is 17.6 Å². The maximum Gasteiger partial charge on any atom is 0.335 e. The molecule has 0 amide bonds. The van der Waals surface area contributed by atoms with E-state index in [2.05, 4.69) is 4.72 Å². The van der Waals surface area contributed by atoms with Crippen LogP contribution in [0.4, 0.5) is 10.1 Å². The number of aromatic carboxylic acids is 1. The van der Waals surface area contributed by atoms with E-state index in [-0.39, 0.29) is 17.0 Å². The largest absolute Gasteiger partial charge is 0.478 e. The predicted octanol–water partition coefficient (Wildman–Crippen LogP) is 1.83. The topological polar surface area (TPSA) is 92.7 Å². The fourth-order valence-corrected chi connectivity index (χ4v) is 3.46. The Hall–Kier alpha value is -1.67. The van der Waals surface area contributed by atoms with Crippen LogP contribution in [0.5, 0.6) is 0 Å². The van der Waals surface area contributed by atoms with E-state index >= 15 is 0 Å². The Morgan fingerprint density at radius 2 is 2.19 bits per heavy atom. The number of rotatable bonds is 5. The molecule has 1 unspecified atom stereocenters. The molecule has 2 rings (SSSR count). The van der Waals surface area contributed by atoms with Crippen LogP contribution in [-0.4, -0.2) is 38.0 Å². The third-order valence-corrected chi connectivity index (χ3v) is 4.50. The van der Waals surface area contributed by atoms with E-state index in [1.165, 1.54) is 0 Å². The Morgan fingerprint density at radius 1 is 1.43 bits per heavy atom. The fourth-order valence-electron chi connectivity index (χ4n) is 2.13. The summed E-state index contributed by atoms with van der Waals surface area (Å²) in [6.07, 6.45) is 2.02. The van der Waals surface area contributed by atoms with Crippen LogP contribution >= 0.6 is 0 Å².